The molecule has 134 valence electrons. The molecule has 0 saturated heterocycles. The Morgan fingerprint density at radius 3 is 2.35 bits per heavy atom. The molecule has 2 aromatic carbocycles. The van der Waals surface area contributed by atoms with Gasteiger partial charge in [-0.3, -0.25) is 13.9 Å². The van der Waals surface area contributed by atoms with E-state index < -0.39 is 0 Å². The van der Waals surface area contributed by atoms with Gasteiger partial charge in [0.25, 0.3) is 5.56 Å². The van der Waals surface area contributed by atoms with E-state index in [9.17, 15) is 9.59 Å². The molecule has 0 aliphatic heterocycles. The average Bonchev–Trinajstić information content (AvgIpc) is 2.66. The molecule has 26 heavy (non-hydrogen) atoms. The highest BCUT2D eigenvalue weighted by Crippen LogP contribution is 2.13. The van der Waals surface area contributed by atoms with Crippen molar-refractivity contribution in [1.82, 2.24) is 9.13 Å². The Labute approximate surface area is 152 Å². The molecule has 0 amide bonds. The summed E-state index contributed by atoms with van der Waals surface area (Å²) in [4.78, 5) is 25.0. The molecule has 0 saturated carbocycles. The lowest BCUT2D eigenvalue weighted by Crippen LogP contribution is -2.41. The van der Waals surface area contributed by atoms with Crippen molar-refractivity contribution < 1.29 is 4.74 Å². The second-order valence-electron chi connectivity index (χ2n) is 6.25. The van der Waals surface area contributed by atoms with Crippen LogP contribution in [0.15, 0.2) is 76.4 Å². The molecule has 0 fully saturated rings. The quantitative estimate of drug-likeness (QED) is 0.687. The van der Waals surface area contributed by atoms with Crippen molar-refractivity contribution in [2.75, 3.05) is 6.61 Å². The molecular formula is C21H22N2O3. The SMILES string of the molecule is Cc1ccc(OCCn2ccc(=O)n([C@H](C)c3ccccc3)c2=O)cc1. The van der Waals surface area contributed by atoms with Crippen molar-refractivity contribution in [1.29, 1.82) is 0 Å². The van der Waals surface area contributed by atoms with E-state index in [1.165, 1.54) is 21.4 Å². The molecule has 1 aromatic heterocycles. The normalized spacial score (nSPS) is 11.9. The molecule has 0 radical (unpaired) electrons. The third-order valence-electron chi connectivity index (χ3n) is 4.38. The van der Waals surface area contributed by atoms with E-state index in [2.05, 4.69) is 0 Å². The highest BCUT2D eigenvalue weighted by molar-refractivity contribution is 5.26. The first-order valence-corrected chi connectivity index (χ1v) is 8.62. The van der Waals surface area contributed by atoms with E-state index in [1.54, 1.807) is 0 Å². The first-order valence-electron chi connectivity index (χ1n) is 8.62. The highest BCUT2D eigenvalue weighted by atomic mass is 16.5. The molecule has 0 spiro atoms. The van der Waals surface area contributed by atoms with Gasteiger partial charge in [0.15, 0.2) is 0 Å². The summed E-state index contributed by atoms with van der Waals surface area (Å²) >= 11 is 0. The van der Waals surface area contributed by atoms with Crippen LogP contribution in [0.1, 0.15) is 24.1 Å². The second kappa shape index (κ2) is 7.87. The predicted octanol–water partition coefficient (Wildman–Crippen LogP) is 3.01. The van der Waals surface area contributed by atoms with E-state index in [1.807, 2.05) is 68.4 Å². The molecular weight excluding hydrogens is 328 g/mol. The van der Waals surface area contributed by atoms with Crippen molar-refractivity contribution in [3.05, 3.63) is 98.8 Å². The predicted molar refractivity (Wildman–Crippen MR) is 102 cm³/mol. The van der Waals surface area contributed by atoms with Gasteiger partial charge in [0.1, 0.15) is 12.4 Å². The number of aryl methyl sites for hydroxylation is 1. The van der Waals surface area contributed by atoms with E-state index in [0.717, 1.165) is 16.9 Å². The molecule has 3 rings (SSSR count). The Bertz CT molecular complexity index is 973. The van der Waals surface area contributed by atoms with Crippen LogP contribution in [0.3, 0.4) is 0 Å². The van der Waals surface area contributed by atoms with Gasteiger partial charge in [0.05, 0.1) is 12.6 Å². The zero-order chi connectivity index (χ0) is 18.5. The maximum atomic E-state index is 12.8. The number of rotatable bonds is 6. The highest BCUT2D eigenvalue weighted by Gasteiger charge is 2.14. The number of hydrogen-bond donors (Lipinski definition) is 0. The molecule has 0 aliphatic rings. The lowest BCUT2D eigenvalue weighted by atomic mass is 10.1. The minimum atomic E-state index is -0.332. The van der Waals surface area contributed by atoms with Crippen LogP contribution in [0.2, 0.25) is 0 Å². The first kappa shape index (κ1) is 17.7. The minimum absolute atomic E-state index is 0.304. The largest absolute Gasteiger partial charge is 0.492 e. The van der Waals surface area contributed by atoms with Crippen molar-refractivity contribution >= 4 is 0 Å². The maximum absolute atomic E-state index is 12.8. The summed E-state index contributed by atoms with van der Waals surface area (Å²) in [6.45, 7) is 4.58. The van der Waals surface area contributed by atoms with Crippen molar-refractivity contribution in [3.8, 4) is 5.75 Å². The minimum Gasteiger partial charge on any atom is -0.492 e. The van der Waals surface area contributed by atoms with Gasteiger partial charge >= 0.3 is 5.69 Å². The molecule has 1 atom stereocenters. The average molecular weight is 350 g/mol. The fraction of sp³-hybridized carbons (Fsp3) is 0.238. The van der Waals surface area contributed by atoms with Crippen molar-refractivity contribution in [3.63, 3.8) is 0 Å². The van der Waals surface area contributed by atoms with E-state index in [4.69, 9.17) is 4.74 Å². The maximum Gasteiger partial charge on any atom is 0.331 e. The van der Waals surface area contributed by atoms with E-state index in [0.29, 0.717) is 13.2 Å². The second-order valence-corrected chi connectivity index (χ2v) is 6.25. The lowest BCUT2D eigenvalue weighted by molar-refractivity contribution is 0.292. The Morgan fingerprint density at radius 2 is 1.65 bits per heavy atom. The number of ether oxygens (including phenoxy) is 1. The number of benzene rings is 2. The summed E-state index contributed by atoms with van der Waals surface area (Å²) in [5, 5.41) is 0. The van der Waals surface area contributed by atoms with Crippen LogP contribution in [-0.2, 0) is 6.54 Å². The van der Waals surface area contributed by atoms with Crippen LogP contribution in [-0.4, -0.2) is 15.7 Å². The van der Waals surface area contributed by atoms with E-state index in [-0.39, 0.29) is 17.3 Å². The fourth-order valence-electron chi connectivity index (χ4n) is 2.83. The third-order valence-corrected chi connectivity index (χ3v) is 4.38. The van der Waals surface area contributed by atoms with E-state index >= 15 is 0 Å². The van der Waals surface area contributed by atoms with Crippen LogP contribution in [0.5, 0.6) is 5.75 Å². The summed E-state index contributed by atoms with van der Waals surface area (Å²) in [6, 6.07) is 18.4. The summed E-state index contributed by atoms with van der Waals surface area (Å²) in [7, 11) is 0. The topological polar surface area (TPSA) is 53.2 Å². The van der Waals surface area contributed by atoms with Gasteiger partial charge in [-0.05, 0) is 31.5 Å². The van der Waals surface area contributed by atoms with Crippen LogP contribution in [0, 0.1) is 6.92 Å². The fourth-order valence-corrected chi connectivity index (χ4v) is 2.83. The van der Waals surface area contributed by atoms with Crippen LogP contribution in [0.25, 0.3) is 0 Å². The van der Waals surface area contributed by atoms with Gasteiger partial charge in [0, 0.05) is 12.3 Å². The number of nitrogens with zero attached hydrogens (tertiary/aromatic N) is 2. The lowest BCUT2D eigenvalue weighted by Gasteiger charge is -2.16. The van der Waals surface area contributed by atoms with Crippen LogP contribution >= 0.6 is 0 Å². The zero-order valence-electron chi connectivity index (χ0n) is 15.0. The van der Waals surface area contributed by atoms with Gasteiger partial charge < -0.3 is 4.74 Å². The van der Waals surface area contributed by atoms with Crippen LogP contribution < -0.4 is 16.0 Å². The summed E-state index contributed by atoms with van der Waals surface area (Å²) < 4.78 is 8.48. The first-order chi connectivity index (χ1) is 12.6. The van der Waals surface area contributed by atoms with Crippen molar-refractivity contribution in [2.45, 2.75) is 26.4 Å². The third kappa shape index (κ3) is 3.94. The Kier molecular flexibility index (Phi) is 5.37. The molecule has 5 nitrogen and oxygen atoms in total. The van der Waals surface area contributed by atoms with Crippen LogP contribution in [0.4, 0.5) is 0 Å². The molecule has 1 heterocycles. The summed E-state index contributed by atoms with van der Waals surface area (Å²) in [5.41, 5.74) is 1.44. The number of aromatic nitrogens is 2. The van der Waals surface area contributed by atoms with Gasteiger partial charge in [-0.15, -0.1) is 0 Å². The Balaban J connectivity index is 1.78. The molecule has 0 aliphatic carbocycles. The van der Waals surface area contributed by atoms with Gasteiger partial charge in [-0.25, -0.2) is 4.79 Å². The van der Waals surface area contributed by atoms with Crippen molar-refractivity contribution in [2.24, 2.45) is 0 Å². The molecule has 3 aromatic rings. The molecule has 0 bridgehead atoms. The Morgan fingerprint density at radius 1 is 0.962 bits per heavy atom. The molecule has 5 heteroatoms. The van der Waals surface area contributed by atoms with Gasteiger partial charge in [-0.2, -0.15) is 0 Å². The van der Waals surface area contributed by atoms with Gasteiger partial charge in [0.2, 0.25) is 0 Å². The zero-order valence-corrected chi connectivity index (χ0v) is 15.0. The summed E-state index contributed by atoms with van der Waals surface area (Å²) in [6.07, 6.45) is 1.53. The summed E-state index contributed by atoms with van der Waals surface area (Å²) in [5.74, 6) is 0.759. The smallest absolute Gasteiger partial charge is 0.331 e. The molecule has 0 N–H and O–H groups in total. The Hall–Kier alpha value is -3.08. The number of hydrogen-bond acceptors (Lipinski definition) is 3. The molecule has 0 unspecified atom stereocenters. The standard InChI is InChI=1S/C21H22N2O3/c1-16-8-10-19(11-9-16)26-15-14-22-13-12-20(24)23(21(22)25)17(2)18-6-4-3-5-7-18/h3-13,17H,14-15H2,1-2H3/t17-/m1/s1. The monoisotopic (exact) mass is 350 g/mol. The van der Waals surface area contributed by atoms with Gasteiger partial charge in [-0.1, -0.05) is 48.0 Å².